The Morgan fingerprint density at radius 2 is 1.68 bits per heavy atom. The third kappa shape index (κ3) is 2.96. The minimum Gasteiger partial charge on any atom is -0.496 e. The molecular weight excluding hydrogens is 274 g/mol. The predicted octanol–water partition coefficient (Wildman–Crippen LogP) is 1.92. The molecule has 1 aromatic carbocycles. The number of benzene rings is 1. The van der Waals surface area contributed by atoms with Crippen LogP contribution in [0.3, 0.4) is 0 Å². The summed E-state index contributed by atoms with van der Waals surface area (Å²) in [5.74, 6) is 1.77. The van der Waals surface area contributed by atoms with Gasteiger partial charge in [-0.05, 0) is 6.07 Å². The normalized spacial score (nSPS) is 17.0. The molecule has 1 aromatic rings. The van der Waals surface area contributed by atoms with Gasteiger partial charge in [0.25, 0.3) is 0 Å². The van der Waals surface area contributed by atoms with Crippen LogP contribution in [0.25, 0.3) is 0 Å². The number of rotatable bonds is 4. The molecule has 6 nitrogen and oxygen atoms in total. The highest BCUT2D eigenvalue weighted by Gasteiger charge is 2.27. The van der Waals surface area contributed by atoms with Crippen molar-refractivity contribution in [2.75, 3.05) is 27.9 Å². The molecule has 0 aliphatic carbocycles. The SMILES string of the molecule is COc1cc(OC)c([C@@H]2COC(=O)N2)cc1OC.Cl. The van der Waals surface area contributed by atoms with E-state index in [-0.39, 0.29) is 25.1 Å². The van der Waals surface area contributed by atoms with Crippen molar-refractivity contribution in [3.05, 3.63) is 17.7 Å². The molecule has 0 bridgehead atoms. The summed E-state index contributed by atoms with van der Waals surface area (Å²) in [7, 11) is 4.66. The Balaban J connectivity index is 0.00000180. The van der Waals surface area contributed by atoms with Crippen LogP contribution in [0.4, 0.5) is 4.79 Å². The van der Waals surface area contributed by atoms with Crippen LogP contribution in [0.1, 0.15) is 11.6 Å². The highest BCUT2D eigenvalue weighted by atomic mass is 35.5. The molecule has 0 saturated carbocycles. The topological polar surface area (TPSA) is 66.0 Å². The monoisotopic (exact) mass is 289 g/mol. The third-order valence-corrected chi connectivity index (χ3v) is 2.78. The Morgan fingerprint density at radius 3 is 2.16 bits per heavy atom. The first-order valence-corrected chi connectivity index (χ1v) is 5.42. The Hall–Kier alpha value is -1.82. The lowest BCUT2D eigenvalue weighted by Crippen LogP contribution is -2.19. The number of alkyl carbamates (subject to hydrolysis) is 1. The number of carbonyl (C=O) groups excluding carboxylic acids is 1. The summed E-state index contributed by atoms with van der Waals surface area (Å²) in [5, 5.41) is 2.70. The average Bonchev–Trinajstić information content (AvgIpc) is 2.83. The summed E-state index contributed by atoms with van der Waals surface area (Å²) in [4.78, 5) is 11.1. The molecule has 1 aliphatic rings. The quantitative estimate of drug-likeness (QED) is 0.917. The van der Waals surface area contributed by atoms with Crippen molar-refractivity contribution in [2.45, 2.75) is 6.04 Å². The molecule has 1 amide bonds. The van der Waals surface area contributed by atoms with Gasteiger partial charge < -0.3 is 24.3 Å². The van der Waals surface area contributed by atoms with E-state index < -0.39 is 6.09 Å². The minimum absolute atomic E-state index is 0. The van der Waals surface area contributed by atoms with Gasteiger partial charge in [-0.1, -0.05) is 0 Å². The van der Waals surface area contributed by atoms with Crippen molar-refractivity contribution in [3.63, 3.8) is 0 Å². The molecule has 7 heteroatoms. The van der Waals surface area contributed by atoms with Gasteiger partial charge in [0.15, 0.2) is 11.5 Å². The number of ether oxygens (including phenoxy) is 4. The van der Waals surface area contributed by atoms with Crippen molar-refractivity contribution in [2.24, 2.45) is 0 Å². The maximum atomic E-state index is 11.1. The Kier molecular flexibility index (Phi) is 5.11. The molecular formula is C12H16ClNO5. The number of hydrogen-bond acceptors (Lipinski definition) is 5. The molecule has 1 atom stereocenters. The molecule has 2 rings (SSSR count). The summed E-state index contributed by atoms with van der Waals surface area (Å²) >= 11 is 0. The van der Waals surface area contributed by atoms with Crippen molar-refractivity contribution in [1.29, 1.82) is 0 Å². The van der Waals surface area contributed by atoms with Crippen LogP contribution < -0.4 is 19.5 Å². The lowest BCUT2D eigenvalue weighted by molar-refractivity contribution is 0.176. The molecule has 19 heavy (non-hydrogen) atoms. The molecule has 1 saturated heterocycles. The van der Waals surface area contributed by atoms with Crippen LogP contribution in [-0.2, 0) is 4.74 Å². The summed E-state index contributed by atoms with van der Waals surface area (Å²) < 4.78 is 20.6. The summed E-state index contributed by atoms with van der Waals surface area (Å²) in [5.41, 5.74) is 0.793. The average molecular weight is 290 g/mol. The highest BCUT2D eigenvalue weighted by Crippen LogP contribution is 2.38. The number of hydrogen-bond donors (Lipinski definition) is 1. The maximum absolute atomic E-state index is 11.1. The second-order valence-electron chi connectivity index (χ2n) is 3.74. The number of methoxy groups -OCH3 is 3. The number of nitrogens with one attached hydrogen (secondary N) is 1. The first-order chi connectivity index (χ1) is 8.69. The molecule has 0 spiro atoms. The van der Waals surface area contributed by atoms with E-state index in [4.69, 9.17) is 18.9 Å². The van der Waals surface area contributed by atoms with E-state index in [1.165, 1.54) is 0 Å². The molecule has 106 valence electrons. The smallest absolute Gasteiger partial charge is 0.407 e. The third-order valence-electron chi connectivity index (χ3n) is 2.78. The molecule has 1 aliphatic heterocycles. The predicted molar refractivity (Wildman–Crippen MR) is 70.6 cm³/mol. The zero-order chi connectivity index (χ0) is 13.1. The van der Waals surface area contributed by atoms with Crippen LogP contribution >= 0.6 is 12.4 Å². The van der Waals surface area contributed by atoms with Crippen LogP contribution in [0.15, 0.2) is 12.1 Å². The van der Waals surface area contributed by atoms with Gasteiger partial charge in [0.05, 0.1) is 27.4 Å². The Morgan fingerprint density at radius 1 is 1.11 bits per heavy atom. The van der Waals surface area contributed by atoms with Gasteiger partial charge >= 0.3 is 6.09 Å². The highest BCUT2D eigenvalue weighted by molar-refractivity contribution is 5.85. The standard InChI is InChI=1S/C12H15NO5.ClH/c1-15-9-5-11(17-3)10(16-2)4-7(9)8-6-18-12(14)13-8;/h4-5,8H,6H2,1-3H3,(H,13,14);1H/t8-;/m0./s1. The minimum atomic E-state index is -0.433. The van der Waals surface area contributed by atoms with Gasteiger partial charge in [0.2, 0.25) is 0 Å². The zero-order valence-corrected chi connectivity index (χ0v) is 11.7. The lowest BCUT2D eigenvalue weighted by Gasteiger charge is -2.16. The molecule has 0 unspecified atom stereocenters. The van der Waals surface area contributed by atoms with Crippen LogP contribution in [-0.4, -0.2) is 34.0 Å². The number of halogens is 1. The fourth-order valence-corrected chi connectivity index (χ4v) is 1.88. The van der Waals surface area contributed by atoms with E-state index in [0.29, 0.717) is 17.2 Å². The zero-order valence-electron chi connectivity index (χ0n) is 10.9. The van der Waals surface area contributed by atoms with Gasteiger partial charge in [-0.15, -0.1) is 12.4 Å². The van der Waals surface area contributed by atoms with E-state index in [0.717, 1.165) is 5.56 Å². The fourth-order valence-electron chi connectivity index (χ4n) is 1.88. The Bertz CT molecular complexity index is 466. The first kappa shape index (κ1) is 15.2. The van der Waals surface area contributed by atoms with E-state index in [9.17, 15) is 4.79 Å². The lowest BCUT2D eigenvalue weighted by atomic mass is 10.1. The van der Waals surface area contributed by atoms with Gasteiger partial charge in [-0.2, -0.15) is 0 Å². The second-order valence-corrected chi connectivity index (χ2v) is 3.74. The van der Waals surface area contributed by atoms with E-state index >= 15 is 0 Å². The van der Waals surface area contributed by atoms with E-state index in [1.807, 2.05) is 0 Å². The van der Waals surface area contributed by atoms with E-state index in [2.05, 4.69) is 5.32 Å². The van der Waals surface area contributed by atoms with Crippen LogP contribution in [0, 0.1) is 0 Å². The molecule has 1 fully saturated rings. The van der Waals surface area contributed by atoms with Gasteiger partial charge in [0, 0.05) is 11.6 Å². The van der Waals surface area contributed by atoms with Crippen molar-refractivity contribution >= 4 is 18.5 Å². The largest absolute Gasteiger partial charge is 0.496 e. The summed E-state index contributed by atoms with van der Waals surface area (Å²) in [6, 6.07) is 3.25. The van der Waals surface area contributed by atoms with Gasteiger partial charge in [0.1, 0.15) is 12.4 Å². The van der Waals surface area contributed by atoms with Crippen molar-refractivity contribution in [3.8, 4) is 17.2 Å². The second kappa shape index (κ2) is 6.38. The van der Waals surface area contributed by atoms with Crippen molar-refractivity contribution < 1.29 is 23.7 Å². The van der Waals surface area contributed by atoms with Crippen LogP contribution in [0.5, 0.6) is 17.2 Å². The van der Waals surface area contributed by atoms with E-state index in [1.54, 1.807) is 33.5 Å². The Labute approximate surface area is 117 Å². The number of carbonyl (C=O) groups is 1. The van der Waals surface area contributed by atoms with Gasteiger partial charge in [-0.25, -0.2) is 4.79 Å². The summed E-state index contributed by atoms with van der Waals surface area (Å²) in [6.07, 6.45) is -0.433. The van der Waals surface area contributed by atoms with Crippen molar-refractivity contribution in [1.82, 2.24) is 5.32 Å². The van der Waals surface area contributed by atoms with Crippen LogP contribution in [0.2, 0.25) is 0 Å². The molecule has 1 N–H and O–H groups in total. The van der Waals surface area contributed by atoms with Gasteiger partial charge in [-0.3, -0.25) is 0 Å². The summed E-state index contributed by atoms with van der Waals surface area (Å²) in [6.45, 7) is 0.269. The number of cyclic esters (lactones) is 1. The number of amides is 1. The molecule has 1 heterocycles. The molecule has 0 aromatic heterocycles. The first-order valence-electron chi connectivity index (χ1n) is 5.42. The molecule has 0 radical (unpaired) electrons. The fraction of sp³-hybridized carbons (Fsp3) is 0.417. The maximum Gasteiger partial charge on any atom is 0.407 e.